The summed E-state index contributed by atoms with van der Waals surface area (Å²) in [5.74, 6) is -0.0247. The first-order chi connectivity index (χ1) is 9.99. The van der Waals surface area contributed by atoms with Crippen molar-refractivity contribution in [2.24, 2.45) is 0 Å². The second-order valence-corrected chi connectivity index (χ2v) is 6.95. The van der Waals surface area contributed by atoms with Gasteiger partial charge in [-0.05, 0) is 25.3 Å². The smallest absolute Gasteiger partial charge is 0.221 e. The van der Waals surface area contributed by atoms with Crippen LogP contribution in [0.1, 0.15) is 25.6 Å². The lowest BCUT2D eigenvalue weighted by Crippen LogP contribution is -2.54. The highest BCUT2D eigenvalue weighted by atomic mass is 32.1. The first-order valence-electron chi connectivity index (χ1n) is 7.36. The molecule has 2 heterocycles. The molecule has 0 radical (unpaired) electrons. The summed E-state index contributed by atoms with van der Waals surface area (Å²) in [6, 6.07) is 1.95. The summed E-state index contributed by atoms with van der Waals surface area (Å²) in [5, 5.41) is 8.39. The highest BCUT2D eigenvalue weighted by molar-refractivity contribution is 7.10. The summed E-state index contributed by atoms with van der Waals surface area (Å²) < 4.78 is 5.41. The second kappa shape index (κ2) is 7.35. The average Bonchev–Trinajstić information content (AvgIpc) is 2.86. The van der Waals surface area contributed by atoms with Gasteiger partial charge in [0.05, 0.1) is 18.9 Å². The third kappa shape index (κ3) is 4.78. The lowest BCUT2D eigenvalue weighted by molar-refractivity contribution is -0.114. The highest BCUT2D eigenvalue weighted by Gasteiger charge is 2.27. The number of hydrogen-bond acceptors (Lipinski definition) is 5. The number of nitrogens with zero attached hydrogens (tertiary/aromatic N) is 1. The van der Waals surface area contributed by atoms with Crippen LogP contribution in [0.5, 0.6) is 0 Å². The molecule has 1 aliphatic heterocycles. The Kier molecular flexibility index (Phi) is 5.75. The van der Waals surface area contributed by atoms with Crippen molar-refractivity contribution in [2.45, 2.75) is 32.9 Å². The Hall–Kier alpha value is -0.950. The molecular formula is C15H25N3O2S. The molecule has 1 aromatic rings. The molecule has 5 nitrogen and oxygen atoms in total. The van der Waals surface area contributed by atoms with E-state index in [1.807, 2.05) is 11.4 Å². The Morgan fingerprint density at radius 1 is 1.43 bits per heavy atom. The molecule has 1 saturated heterocycles. The van der Waals surface area contributed by atoms with Gasteiger partial charge in [-0.25, -0.2) is 0 Å². The van der Waals surface area contributed by atoms with Crippen LogP contribution in [0.25, 0.3) is 0 Å². The van der Waals surface area contributed by atoms with Crippen LogP contribution in [0.4, 0.5) is 5.69 Å². The zero-order valence-corrected chi connectivity index (χ0v) is 13.9. The Balaban J connectivity index is 1.83. The van der Waals surface area contributed by atoms with Crippen LogP contribution in [0, 0.1) is 0 Å². The number of amides is 1. The van der Waals surface area contributed by atoms with Crippen LogP contribution in [0.15, 0.2) is 11.4 Å². The number of nitrogens with one attached hydrogen (secondary N) is 2. The Bertz CT molecular complexity index is 467. The van der Waals surface area contributed by atoms with E-state index in [4.69, 9.17) is 4.74 Å². The number of hydrogen-bond donors (Lipinski definition) is 2. The fourth-order valence-corrected chi connectivity index (χ4v) is 3.34. The van der Waals surface area contributed by atoms with Crippen molar-refractivity contribution < 1.29 is 9.53 Å². The maximum absolute atomic E-state index is 11.2. The van der Waals surface area contributed by atoms with E-state index < -0.39 is 0 Å². The molecule has 6 heteroatoms. The van der Waals surface area contributed by atoms with Gasteiger partial charge in [0.2, 0.25) is 5.91 Å². The van der Waals surface area contributed by atoms with E-state index in [9.17, 15) is 4.79 Å². The van der Waals surface area contributed by atoms with Crippen molar-refractivity contribution in [3.05, 3.63) is 16.3 Å². The molecule has 118 valence electrons. The van der Waals surface area contributed by atoms with E-state index in [-0.39, 0.29) is 11.4 Å². The molecule has 0 saturated carbocycles. The molecular weight excluding hydrogens is 286 g/mol. The monoisotopic (exact) mass is 311 g/mol. The van der Waals surface area contributed by atoms with Crippen molar-refractivity contribution in [3.8, 4) is 0 Å². The quantitative estimate of drug-likeness (QED) is 0.842. The molecule has 2 rings (SSSR count). The predicted octanol–water partition coefficient (Wildman–Crippen LogP) is 1.91. The predicted molar refractivity (Wildman–Crippen MR) is 86.8 cm³/mol. The number of rotatable bonds is 6. The van der Waals surface area contributed by atoms with Gasteiger partial charge in [0.15, 0.2) is 0 Å². The van der Waals surface area contributed by atoms with Crippen molar-refractivity contribution in [1.82, 2.24) is 10.2 Å². The minimum atomic E-state index is -0.0247. The standard InChI is InChI=1S/C15H25N3O2S/c1-12(19)17-13-4-9-21-14(13)10-16-11-15(2,3)18-5-7-20-8-6-18/h4,9,16H,5-8,10-11H2,1-3H3,(H,17,19). The van der Waals surface area contributed by atoms with E-state index >= 15 is 0 Å². The summed E-state index contributed by atoms with van der Waals surface area (Å²) in [4.78, 5) is 14.8. The van der Waals surface area contributed by atoms with Gasteiger partial charge in [0.1, 0.15) is 0 Å². The molecule has 0 aliphatic carbocycles. The summed E-state index contributed by atoms with van der Waals surface area (Å²) in [5.41, 5.74) is 1.03. The number of carbonyl (C=O) groups is 1. The molecule has 0 spiro atoms. The average molecular weight is 311 g/mol. The molecule has 2 N–H and O–H groups in total. The molecule has 21 heavy (non-hydrogen) atoms. The number of ether oxygens (including phenoxy) is 1. The van der Waals surface area contributed by atoms with Gasteiger partial charge in [-0.15, -0.1) is 11.3 Å². The molecule has 0 bridgehead atoms. The molecule has 1 fully saturated rings. The summed E-state index contributed by atoms with van der Waals surface area (Å²) in [7, 11) is 0. The van der Waals surface area contributed by atoms with Crippen LogP contribution >= 0.6 is 11.3 Å². The van der Waals surface area contributed by atoms with Gasteiger partial charge in [-0.3, -0.25) is 9.69 Å². The first-order valence-corrected chi connectivity index (χ1v) is 8.24. The van der Waals surface area contributed by atoms with Gasteiger partial charge < -0.3 is 15.4 Å². The van der Waals surface area contributed by atoms with Gasteiger partial charge in [0, 0.05) is 43.5 Å². The number of thiophene rings is 1. The van der Waals surface area contributed by atoms with Crippen LogP contribution in [0.2, 0.25) is 0 Å². The van der Waals surface area contributed by atoms with Crippen molar-refractivity contribution in [2.75, 3.05) is 38.2 Å². The second-order valence-electron chi connectivity index (χ2n) is 5.95. The molecule has 0 aromatic carbocycles. The van der Waals surface area contributed by atoms with E-state index in [0.717, 1.165) is 45.1 Å². The topological polar surface area (TPSA) is 53.6 Å². The van der Waals surface area contributed by atoms with Crippen LogP contribution in [-0.4, -0.2) is 49.2 Å². The molecule has 0 atom stereocenters. The SMILES string of the molecule is CC(=O)Nc1ccsc1CNCC(C)(C)N1CCOCC1. The van der Waals surface area contributed by atoms with Gasteiger partial charge in [-0.2, -0.15) is 0 Å². The third-order valence-corrected chi connectivity index (χ3v) is 4.69. The first kappa shape index (κ1) is 16.4. The van der Waals surface area contributed by atoms with E-state index in [2.05, 4.69) is 29.4 Å². The van der Waals surface area contributed by atoms with E-state index in [1.54, 1.807) is 11.3 Å². The van der Waals surface area contributed by atoms with Crippen molar-refractivity contribution >= 4 is 22.9 Å². The van der Waals surface area contributed by atoms with Crippen LogP contribution in [-0.2, 0) is 16.1 Å². The third-order valence-electron chi connectivity index (χ3n) is 3.77. The van der Waals surface area contributed by atoms with Crippen LogP contribution in [0.3, 0.4) is 0 Å². The fourth-order valence-electron chi connectivity index (χ4n) is 2.54. The number of anilines is 1. The Labute approximate surface area is 130 Å². The highest BCUT2D eigenvalue weighted by Crippen LogP contribution is 2.22. The molecule has 1 amide bonds. The lowest BCUT2D eigenvalue weighted by Gasteiger charge is -2.41. The molecule has 1 aromatic heterocycles. The van der Waals surface area contributed by atoms with Crippen molar-refractivity contribution in [1.29, 1.82) is 0 Å². The molecule has 0 unspecified atom stereocenters. The normalized spacial score (nSPS) is 16.9. The van der Waals surface area contributed by atoms with Crippen LogP contribution < -0.4 is 10.6 Å². The molecule has 1 aliphatic rings. The lowest BCUT2D eigenvalue weighted by atomic mass is 10.0. The summed E-state index contributed by atoms with van der Waals surface area (Å²) >= 11 is 1.67. The zero-order valence-electron chi connectivity index (χ0n) is 13.1. The zero-order chi connectivity index (χ0) is 15.3. The van der Waals surface area contributed by atoms with Crippen molar-refractivity contribution in [3.63, 3.8) is 0 Å². The number of morpholine rings is 1. The number of carbonyl (C=O) groups excluding carboxylic acids is 1. The fraction of sp³-hybridized carbons (Fsp3) is 0.667. The maximum Gasteiger partial charge on any atom is 0.221 e. The minimum Gasteiger partial charge on any atom is -0.379 e. The Morgan fingerprint density at radius 3 is 2.81 bits per heavy atom. The minimum absolute atomic E-state index is 0.0247. The van der Waals surface area contributed by atoms with Gasteiger partial charge >= 0.3 is 0 Å². The summed E-state index contributed by atoms with van der Waals surface area (Å²) in [6.07, 6.45) is 0. The summed E-state index contributed by atoms with van der Waals surface area (Å²) in [6.45, 7) is 11.4. The maximum atomic E-state index is 11.2. The Morgan fingerprint density at radius 2 is 2.14 bits per heavy atom. The van der Waals surface area contributed by atoms with Gasteiger partial charge in [-0.1, -0.05) is 0 Å². The van der Waals surface area contributed by atoms with E-state index in [1.165, 1.54) is 11.8 Å². The van der Waals surface area contributed by atoms with E-state index in [0.29, 0.717) is 0 Å². The van der Waals surface area contributed by atoms with Gasteiger partial charge in [0.25, 0.3) is 0 Å². The largest absolute Gasteiger partial charge is 0.379 e.